The second kappa shape index (κ2) is 9.32. The molecule has 16 nitrogen and oxygen atoms in total. The van der Waals surface area contributed by atoms with Gasteiger partial charge in [0.15, 0.2) is 23.5 Å². The predicted molar refractivity (Wildman–Crippen MR) is 118 cm³/mol. The minimum atomic E-state index is -2.07. The van der Waals surface area contributed by atoms with Gasteiger partial charge in [-0.25, -0.2) is 14.9 Å². The molecule has 0 saturated carbocycles. The van der Waals surface area contributed by atoms with Crippen molar-refractivity contribution >= 4 is 34.6 Å². The Bertz CT molecular complexity index is 1370. The first-order valence-electron chi connectivity index (χ1n) is 10.5. The molecule has 1 saturated heterocycles. The van der Waals surface area contributed by atoms with E-state index >= 15 is 0 Å². The lowest BCUT2D eigenvalue weighted by Gasteiger charge is -2.28. The summed E-state index contributed by atoms with van der Waals surface area (Å²) in [6.45, 7) is -0.452. The molecule has 5 atom stereocenters. The fourth-order valence-electron chi connectivity index (χ4n) is 3.98. The van der Waals surface area contributed by atoms with Crippen LogP contribution in [0.25, 0.3) is 11.2 Å². The number of halogens is 1. The third-order valence-corrected chi connectivity index (χ3v) is 5.94. The Hall–Kier alpha value is -3.83. The van der Waals surface area contributed by atoms with Crippen LogP contribution in [-0.4, -0.2) is 91.3 Å². The van der Waals surface area contributed by atoms with E-state index < -0.39 is 42.7 Å². The molecule has 0 bridgehead atoms. The van der Waals surface area contributed by atoms with Crippen LogP contribution in [0.2, 0.25) is 5.28 Å². The second-order valence-electron chi connectivity index (χ2n) is 7.98. The van der Waals surface area contributed by atoms with Crippen molar-refractivity contribution < 1.29 is 29.6 Å². The number of aromatic amines is 1. The van der Waals surface area contributed by atoms with Crippen LogP contribution in [0.5, 0.6) is 0 Å². The lowest BCUT2D eigenvalue weighted by molar-refractivity contribution is -0.177. The van der Waals surface area contributed by atoms with Gasteiger partial charge >= 0.3 is 5.97 Å². The van der Waals surface area contributed by atoms with Crippen LogP contribution in [0.15, 0.2) is 30.9 Å². The van der Waals surface area contributed by atoms with Crippen molar-refractivity contribution in [2.45, 2.75) is 36.6 Å². The number of hydrogen-bond acceptors (Lipinski definition) is 13. The highest BCUT2D eigenvalue weighted by Crippen LogP contribution is 2.35. The second-order valence-corrected chi connectivity index (χ2v) is 8.32. The molecule has 1 unspecified atom stereocenters. The molecule has 0 spiro atoms. The number of aromatic nitrogens is 9. The first-order chi connectivity index (χ1) is 17.3. The summed E-state index contributed by atoms with van der Waals surface area (Å²) < 4.78 is 13.0. The van der Waals surface area contributed by atoms with E-state index in [-0.39, 0.29) is 34.5 Å². The number of ether oxygens (including phenoxy) is 2. The van der Waals surface area contributed by atoms with Crippen molar-refractivity contribution in [1.29, 1.82) is 0 Å². The summed E-state index contributed by atoms with van der Waals surface area (Å²) in [5.41, 5.74) is 4.68. The highest BCUT2D eigenvalue weighted by atomic mass is 35.5. The number of aliphatic hydroxyl groups is 2. The first kappa shape index (κ1) is 23.9. The predicted octanol–water partition coefficient (Wildman–Crippen LogP) is -1.17. The van der Waals surface area contributed by atoms with Crippen LogP contribution in [0, 0.1) is 0 Å². The highest BCUT2D eigenvalue weighted by Gasteiger charge is 2.50. The number of carbonyl (C=O) groups is 1. The zero-order valence-corrected chi connectivity index (χ0v) is 19.0. The summed E-state index contributed by atoms with van der Waals surface area (Å²) in [7, 11) is 0. The minimum Gasteiger partial charge on any atom is -0.479 e. The molecule has 1 aliphatic heterocycles. The molecule has 1 aliphatic rings. The number of imidazole rings is 1. The summed E-state index contributed by atoms with van der Waals surface area (Å²) in [6, 6.07) is 3.31. The van der Waals surface area contributed by atoms with E-state index in [1.165, 1.54) is 17.1 Å². The number of nitrogen functional groups attached to an aromatic ring is 1. The molecule has 36 heavy (non-hydrogen) atoms. The lowest BCUT2D eigenvalue weighted by atomic mass is 9.94. The van der Waals surface area contributed by atoms with Gasteiger partial charge in [0.2, 0.25) is 10.9 Å². The Morgan fingerprint density at radius 2 is 2.17 bits per heavy atom. The van der Waals surface area contributed by atoms with Crippen molar-refractivity contribution in [1.82, 2.24) is 45.1 Å². The third-order valence-electron chi connectivity index (χ3n) is 5.78. The van der Waals surface area contributed by atoms with Gasteiger partial charge in [0.1, 0.15) is 23.8 Å². The Morgan fingerprint density at radius 3 is 2.86 bits per heavy atom. The molecular weight excluding hydrogens is 500 g/mol. The van der Waals surface area contributed by atoms with Gasteiger partial charge in [0, 0.05) is 18.8 Å². The van der Waals surface area contributed by atoms with Gasteiger partial charge in [-0.3, -0.25) is 9.55 Å². The fourth-order valence-corrected chi connectivity index (χ4v) is 4.15. The van der Waals surface area contributed by atoms with Gasteiger partial charge in [-0.05, 0) is 33.7 Å². The van der Waals surface area contributed by atoms with Crippen LogP contribution < -0.4 is 5.73 Å². The Labute approximate surface area is 206 Å². The number of nitrogens with one attached hydrogen (secondary N) is 1. The monoisotopic (exact) mass is 518 g/mol. The molecule has 188 valence electrons. The summed E-state index contributed by atoms with van der Waals surface area (Å²) in [6.07, 6.45) is -1.08. The summed E-state index contributed by atoms with van der Waals surface area (Å²) >= 11 is 5.90. The van der Waals surface area contributed by atoms with Crippen molar-refractivity contribution in [3.05, 3.63) is 47.5 Å². The normalized spacial score (nSPS) is 23.6. The number of carboxylic acids is 1. The number of nitrogens with two attached hydrogens (primary N) is 1. The van der Waals surface area contributed by atoms with Crippen LogP contribution >= 0.6 is 11.6 Å². The average Bonchev–Trinajstić information content (AvgIpc) is 3.59. The van der Waals surface area contributed by atoms with Crippen molar-refractivity contribution in [2.75, 3.05) is 12.3 Å². The quantitative estimate of drug-likeness (QED) is 0.173. The largest absolute Gasteiger partial charge is 0.479 e. The summed E-state index contributed by atoms with van der Waals surface area (Å²) in [5, 5.41) is 44.5. The molecule has 5 heterocycles. The number of hydrogen-bond donors (Lipinski definition) is 5. The molecular formula is C19H19ClN10O6. The SMILES string of the molecule is Nc1nc(Cl)nc2c1ncn2[C@@H]1O[C@H](COC(Cc2cccnc2)(C(=O)O)c2nnn[nH]2)[C@@H](O)[C@H]1O. The van der Waals surface area contributed by atoms with Crippen LogP contribution in [0.4, 0.5) is 5.82 Å². The van der Waals surface area contributed by atoms with Gasteiger partial charge in [-0.1, -0.05) is 6.07 Å². The molecule has 0 aliphatic carbocycles. The van der Waals surface area contributed by atoms with Gasteiger partial charge in [0.25, 0.3) is 0 Å². The third kappa shape index (κ3) is 4.10. The maximum absolute atomic E-state index is 12.5. The number of aliphatic carboxylic acids is 1. The number of rotatable bonds is 8. The lowest BCUT2D eigenvalue weighted by Crippen LogP contribution is -2.45. The number of carboxylic acid groups (broad SMARTS) is 1. The summed E-state index contributed by atoms with van der Waals surface area (Å²) in [4.78, 5) is 28.5. The highest BCUT2D eigenvalue weighted by molar-refractivity contribution is 6.28. The standard InChI is InChI=1S/C19H19ClN10O6/c20-18-24-13(21)10-14(25-18)30(7-23-10)15-12(32)11(31)9(36-15)6-35-19(17(33)34,16-26-28-29-27-16)4-8-2-1-3-22-5-8/h1-3,5,7,9,11-12,15,31-32H,4,6H2,(H,33,34)(H2,21,24,25)(H,26,27,28,29)/t9-,11-,12-,15-,19?/m1/s1. The molecule has 5 rings (SSSR count). The maximum Gasteiger partial charge on any atom is 0.344 e. The van der Waals surface area contributed by atoms with Crippen LogP contribution in [-0.2, 0) is 26.3 Å². The minimum absolute atomic E-state index is 0.0268. The van der Waals surface area contributed by atoms with Gasteiger partial charge in [0.05, 0.1) is 12.9 Å². The first-order valence-corrected chi connectivity index (χ1v) is 10.9. The average molecular weight is 519 g/mol. The molecule has 4 aromatic rings. The molecule has 0 aromatic carbocycles. The van der Waals surface area contributed by atoms with E-state index in [4.69, 9.17) is 26.8 Å². The Balaban J connectivity index is 1.42. The molecule has 0 radical (unpaired) electrons. The topological polar surface area (TPSA) is 233 Å². The van der Waals surface area contributed by atoms with E-state index in [9.17, 15) is 20.1 Å². The number of H-pyrrole nitrogens is 1. The van der Waals surface area contributed by atoms with Crippen molar-refractivity contribution in [2.24, 2.45) is 0 Å². The molecule has 17 heteroatoms. The van der Waals surface area contributed by atoms with Crippen LogP contribution in [0.1, 0.15) is 17.6 Å². The number of tetrazole rings is 1. The van der Waals surface area contributed by atoms with Crippen molar-refractivity contribution in [3.8, 4) is 0 Å². The molecule has 6 N–H and O–H groups in total. The van der Waals surface area contributed by atoms with Gasteiger partial charge < -0.3 is 30.5 Å². The zero-order valence-electron chi connectivity index (χ0n) is 18.2. The molecule has 1 fully saturated rings. The van der Waals surface area contributed by atoms with E-state index in [2.05, 4.69) is 40.6 Å². The van der Waals surface area contributed by atoms with E-state index in [0.717, 1.165) is 0 Å². The number of fused-ring (bicyclic) bond motifs is 1. The summed E-state index contributed by atoms with van der Waals surface area (Å²) in [5.74, 6) is -1.54. The van der Waals surface area contributed by atoms with E-state index in [1.54, 1.807) is 18.3 Å². The number of anilines is 1. The number of nitrogens with zero attached hydrogens (tertiary/aromatic N) is 8. The number of pyridine rings is 1. The molecule has 0 amide bonds. The Morgan fingerprint density at radius 1 is 1.33 bits per heavy atom. The fraction of sp³-hybridized carbons (Fsp3) is 0.368. The smallest absolute Gasteiger partial charge is 0.344 e. The molecule has 4 aromatic heterocycles. The van der Waals surface area contributed by atoms with Crippen molar-refractivity contribution in [3.63, 3.8) is 0 Å². The van der Waals surface area contributed by atoms with E-state index in [0.29, 0.717) is 5.56 Å². The van der Waals surface area contributed by atoms with E-state index in [1.807, 2.05) is 0 Å². The number of aliphatic hydroxyl groups excluding tert-OH is 2. The van der Waals surface area contributed by atoms with Gasteiger partial charge in [-0.15, -0.1) is 5.10 Å². The zero-order chi connectivity index (χ0) is 25.4. The van der Waals surface area contributed by atoms with Gasteiger partial charge in [-0.2, -0.15) is 9.97 Å². The maximum atomic E-state index is 12.5. The van der Waals surface area contributed by atoms with Crippen LogP contribution in [0.3, 0.4) is 0 Å². The Kier molecular flexibility index (Phi) is 6.19.